The summed E-state index contributed by atoms with van der Waals surface area (Å²) in [6.45, 7) is 1.85. The van der Waals surface area contributed by atoms with E-state index in [1.165, 1.54) is 43.3 Å². The van der Waals surface area contributed by atoms with Crippen molar-refractivity contribution in [3.8, 4) is 0 Å². The third kappa shape index (κ3) is 2.27. The molecule has 6 heteroatoms. The molecule has 5 nitrogen and oxygen atoms in total. The van der Waals surface area contributed by atoms with E-state index in [0.29, 0.717) is 10.9 Å². The molecule has 0 radical (unpaired) electrons. The predicted octanol–water partition coefficient (Wildman–Crippen LogP) is 3.30. The summed E-state index contributed by atoms with van der Waals surface area (Å²) in [7, 11) is 0. The van der Waals surface area contributed by atoms with Gasteiger partial charge in [-0.05, 0) is 50.0 Å². The van der Waals surface area contributed by atoms with Crippen LogP contribution in [0.4, 0.5) is 5.82 Å². The van der Waals surface area contributed by atoms with Gasteiger partial charge in [-0.25, -0.2) is 14.8 Å². The van der Waals surface area contributed by atoms with E-state index in [-0.39, 0.29) is 0 Å². The number of anilines is 1. The van der Waals surface area contributed by atoms with Crippen LogP contribution >= 0.6 is 11.3 Å². The Balaban J connectivity index is 1.75. The Morgan fingerprint density at radius 2 is 2.00 bits per heavy atom. The zero-order chi connectivity index (χ0) is 14.6. The van der Waals surface area contributed by atoms with E-state index in [2.05, 4.69) is 15.3 Å². The molecule has 0 spiro atoms. The summed E-state index contributed by atoms with van der Waals surface area (Å²) in [5, 5.41) is 13.8. The summed E-state index contributed by atoms with van der Waals surface area (Å²) >= 11 is 1.23. The highest BCUT2D eigenvalue weighted by molar-refractivity contribution is 7.20. The maximum absolute atomic E-state index is 11.3. The van der Waals surface area contributed by atoms with Crippen molar-refractivity contribution < 1.29 is 9.90 Å². The van der Waals surface area contributed by atoms with Crippen molar-refractivity contribution in [1.29, 1.82) is 0 Å². The quantitative estimate of drug-likeness (QED) is 0.886. The van der Waals surface area contributed by atoms with E-state index in [0.717, 1.165) is 33.4 Å². The molecule has 110 valence electrons. The Morgan fingerprint density at radius 3 is 2.57 bits per heavy atom. The number of thiophene rings is 1. The summed E-state index contributed by atoms with van der Waals surface area (Å²) in [5.74, 6) is 1.45. The van der Waals surface area contributed by atoms with E-state index in [9.17, 15) is 9.90 Å². The van der Waals surface area contributed by atoms with Crippen LogP contribution in [-0.2, 0) is 0 Å². The van der Waals surface area contributed by atoms with Crippen LogP contribution in [0.1, 0.15) is 40.9 Å². The van der Waals surface area contributed by atoms with Gasteiger partial charge in [0.1, 0.15) is 21.9 Å². The number of carbonyl (C=O) groups is 1. The van der Waals surface area contributed by atoms with Crippen LogP contribution in [0.15, 0.2) is 6.33 Å². The van der Waals surface area contributed by atoms with E-state index >= 15 is 0 Å². The number of fused-ring (bicyclic) bond motifs is 1. The molecule has 2 aliphatic rings. The lowest BCUT2D eigenvalue weighted by Gasteiger charge is -2.18. The first-order valence-corrected chi connectivity index (χ1v) is 8.20. The van der Waals surface area contributed by atoms with Crippen molar-refractivity contribution >= 4 is 33.3 Å². The van der Waals surface area contributed by atoms with Crippen LogP contribution in [0.5, 0.6) is 0 Å². The average Bonchev–Trinajstić information content (AvgIpc) is 3.35. The Hall–Kier alpha value is -1.69. The van der Waals surface area contributed by atoms with Crippen molar-refractivity contribution in [2.75, 3.05) is 5.32 Å². The summed E-state index contributed by atoms with van der Waals surface area (Å²) in [6, 6.07) is 0.496. The molecule has 0 atom stereocenters. The largest absolute Gasteiger partial charge is 0.477 e. The molecule has 2 N–H and O–H groups in total. The minimum atomic E-state index is -0.887. The molecule has 2 heterocycles. The number of aromatic carboxylic acids is 1. The van der Waals surface area contributed by atoms with Crippen LogP contribution in [0.25, 0.3) is 10.2 Å². The van der Waals surface area contributed by atoms with E-state index in [1.807, 2.05) is 6.92 Å². The number of hydrogen-bond acceptors (Lipinski definition) is 5. The number of aromatic nitrogens is 2. The lowest BCUT2D eigenvalue weighted by Crippen LogP contribution is -2.25. The average molecular weight is 303 g/mol. The van der Waals surface area contributed by atoms with Crippen molar-refractivity contribution in [2.45, 2.75) is 38.6 Å². The van der Waals surface area contributed by atoms with Gasteiger partial charge >= 0.3 is 5.97 Å². The SMILES string of the molecule is Cc1c(C(=O)O)sc2ncnc(NC(C3CC3)C3CC3)c12. The van der Waals surface area contributed by atoms with Gasteiger partial charge in [-0.1, -0.05) is 0 Å². The van der Waals surface area contributed by atoms with Gasteiger partial charge < -0.3 is 10.4 Å². The smallest absolute Gasteiger partial charge is 0.346 e. The normalized spacial score (nSPS) is 18.4. The third-order valence-electron chi connectivity index (χ3n) is 4.48. The summed E-state index contributed by atoms with van der Waals surface area (Å²) in [5.41, 5.74) is 0.774. The molecule has 2 aromatic heterocycles. The Kier molecular flexibility index (Phi) is 2.89. The minimum Gasteiger partial charge on any atom is -0.477 e. The number of nitrogens with zero attached hydrogens (tertiary/aromatic N) is 2. The fraction of sp³-hybridized carbons (Fsp3) is 0.533. The topological polar surface area (TPSA) is 75.1 Å². The van der Waals surface area contributed by atoms with Gasteiger partial charge in [-0.15, -0.1) is 11.3 Å². The molecule has 2 saturated carbocycles. The summed E-state index contributed by atoms with van der Waals surface area (Å²) in [4.78, 5) is 21.1. The fourth-order valence-corrected chi connectivity index (χ4v) is 4.06. The summed E-state index contributed by atoms with van der Waals surface area (Å²) < 4.78 is 0. The standard InChI is InChI=1S/C15H17N3O2S/c1-7-10-13(18-11(8-2-3-8)9-4-5-9)16-6-17-14(10)21-12(7)15(19)20/h6,8-9,11H,2-5H2,1H3,(H,19,20)(H,16,17,18). The molecular weight excluding hydrogens is 286 g/mol. The molecule has 0 amide bonds. The van der Waals surface area contributed by atoms with Gasteiger partial charge in [-0.3, -0.25) is 0 Å². The van der Waals surface area contributed by atoms with Gasteiger partial charge in [-0.2, -0.15) is 0 Å². The molecule has 0 saturated heterocycles. The molecule has 0 aromatic carbocycles. The van der Waals surface area contributed by atoms with Crippen LogP contribution in [0.3, 0.4) is 0 Å². The van der Waals surface area contributed by atoms with E-state index in [1.54, 1.807) is 0 Å². The lowest BCUT2D eigenvalue weighted by atomic mass is 10.1. The Morgan fingerprint density at radius 1 is 1.33 bits per heavy atom. The van der Waals surface area contributed by atoms with Gasteiger partial charge in [0.25, 0.3) is 0 Å². The predicted molar refractivity (Wildman–Crippen MR) is 82.0 cm³/mol. The monoisotopic (exact) mass is 303 g/mol. The lowest BCUT2D eigenvalue weighted by molar-refractivity contribution is 0.0701. The number of aryl methyl sites for hydroxylation is 1. The van der Waals surface area contributed by atoms with Crippen LogP contribution in [0, 0.1) is 18.8 Å². The maximum Gasteiger partial charge on any atom is 0.346 e. The van der Waals surface area contributed by atoms with E-state index < -0.39 is 5.97 Å². The highest BCUT2D eigenvalue weighted by Gasteiger charge is 2.41. The van der Waals surface area contributed by atoms with Crippen LogP contribution in [-0.4, -0.2) is 27.1 Å². The van der Waals surface area contributed by atoms with Crippen molar-refractivity contribution in [3.05, 3.63) is 16.8 Å². The number of carboxylic acid groups (broad SMARTS) is 1. The third-order valence-corrected chi connectivity index (χ3v) is 5.67. The number of nitrogens with one attached hydrogen (secondary N) is 1. The van der Waals surface area contributed by atoms with Crippen LogP contribution in [0.2, 0.25) is 0 Å². The van der Waals surface area contributed by atoms with Crippen molar-refractivity contribution in [2.24, 2.45) is 11.8 Å². The Labute approximate surface area is 126 Å². The van der Waals surface area contributed by atoms with Crippen LogP contribution < -0.4 is 5.32 Å². The first kappa shape index (κ1) is 13.0. The molecule has 0 bridgehead atoms. The van der Waals surface area contributed by atoms with Gasteiger partial charge in [0.15, 0.2) is 0 Å². The zero-order valence-electron chi connectivity index (χ0n) is 11.8. The highest BCUT2D eigenvalue weighted by Crippen LogP contribution is 2.46. The fourth-order valence-electron chi connectivity index (χ4n) is 3.07. The highest BCUT2D eigenvalue weighted by atomic mass is 32.1. The Bertz CT molecular complexity index is 707. The molecule has 4 rings (SSSR count). The van der Waals surface area contributed by atoms with Gasteiger partial charge in [0.2, 0.25) is 0 Å². The number of rotatable bonds is 5. The summed E-state index contributed by atoms with van der Waals surface area (Å²) in [6.07, 6.45) is 6.72. The second kappa shape index (κ2) is 4.66. The van der Waals surface area contributed by atoms with Gasteiger partial charge in [0, 0.05) is 6.04 Å². The molecule has 2 aromatic rings. The first-order chi connectivity index (χ1) is 10.1. The second-order valence-corrected chi connectivity index (χ2v) is 7.11. The maximum atomic E-state index is 11.3. The number of hydrogen-bond donors (Lipinski definition) is 2. The first-order valence-electron chi connectivity index (χ1n) is 7.39. The zero-order valence-corrected chi connectivity index (χ0v) is 12.6. The minimum absolute atomic E-state index is 0.364. The van der Waals surface area contributed by atoms with E-state index in [4.69, 9.17) is 0 Å². The molecule has 2 aliphatic carbocycles. The molecule has 0 aliphatic heterocycles. The van der Waals surface area contributed by atoms with Crippen molar-refractivity contribution in [1.82, 2.24) is 9.97 Å². The molecule has 2 fully saturated rings. The molecule has 21 heavy (non-hydrogen) atoms. The van der Waals surface area contributed by atoms with Crippen molar-refractivity contribution in [3.63, 3.8) is 0 Å². The molecular formula is C15H17N3O2S. The molecule has 0 unspecified atom stereocenters. The van der Waals surface area contributed by atoms with Gasteiger partial charge in [0.05, 0.1) is 5.39 Å². The number of carboxylic acids is 1. The second-order valence-electron chi connectivity index (χ2n) is 6.11.